The molecule has 0 saturated heterocycles. The first-order valence-electron chi connectivity index (χ1n) is 5.78. The first-order chi connectivity index (χ1) is 8.95. The highest BCUT2D eigenvalue weighted by Gasteiger charge is 2.09. The molecule has 2 rings (SSSR count). The van der Waals surface area contributed by atoms with E-state index in [1.54, 1.807) is 32.0 Å². The van der Waals surface area contributed by atoms with Crippen molar-refractivity contribution in [2.75, 3.05) is 0 Å². The van der Waals surface area contributed by atoms with Crippen LogP contribution in [0.3, 0.4) is 0 Å². The molecule has 2 aromatic rings. The molecule has 19 heavy (non-hydrogen) atoms. The van der Waals surface area contributed by atoms with Crippen LogP contribution >= 0.6 is 0 Å². The van der Waals surface area contributed by atoms with Gasteiger partial charge in [0.25, 0.3) is 0 Å². The molecule has 0 aliphatic carbocycles. The van der Waals surface area contributed by atoms with E-state index in [4.69, 9.17) is 5.11 Å². The molecular formula is C14H13FN2O2. The van der Waals surface area contributed by atoms with Gasteiger partial charge in [0.2, 0.25) is 0 Å². The van der Waals surface area contributed by atoms with Gasteiger partial charge in [-0.25, -0.2) is 14.4 Å². The Hall–Kier alpha value is -2.30. The number of hydrogen-bond donors (Lipinski definition) is 1. The Bertz CT molecular complexity index is 641. The Morgan fingerprint density at radius 1 is 1.26 bits per heavy atom. The van der Waals surface area contributed by atoms with Gasteiger partial charge in [0.05, 0.1) is 5.69 Å². The molecule has 0 bridgehead atoms. The maximum Gasteiger partial charge on any atom is 0.311 e. The molecule has 4 nitrogen and oxygen atoms in total. The summed E-state index contributed by atoms with van der Waals surface area (Å²) < 4.78 is 13.2. The molecule has 0 unspecified atom stereocenters. The standard InChI is InChI=1S/C14H13FN2O2/c1-8-5-10(3-4-11(8)15)12-6-9(2)16-13(17-12)7-14(18)19/h3-6H,7H2,1-2H3,(H,18,19). The summed E-state index contributed by atoms with van der Waals surface area (Å²) in [5, 5.41) is 8.77. The number of halogens is 1. The molecule has 0 amide bonds. The van der Waals surface area contributed by atoms with Crippen LogP contribution in [-0.2, 0) is 11.2 Å². The van der Waals surface area contributed by atoms with Crippen LogP contribution in [0.25, 0.3) is 11.3 Å². The molecule has 1 N–H and O–H groups in total. The second-order valence-corrected chi connectivity index (χ2v) is 4.35. The third-order valence-corrected chi connectivity index (χ3v) is 2.66. The molecule has 98 valence electrons. The second kappa shape index (κ2) is 5.14. The number of carbonyl (C=O) groups is 1. The monoisotopic (exact) mass is 260 g/mol. The van der Waals surface area contributed by atoms with E-state index in [0.717, 1.165) is 5.56 Å². The van der Waals surface area contributed by atoms with Crippen molar-refractivity contribution in [3.63, 3.8) is 0 Å². The summed E-state index contributed by atoms with van der Waals surface area (Å²) in [5.41, 5.74) is 2.56. The fourth-order valence-corrected chi connectivity index (χ4v) is 1.80. The van der Waals surface area contributed by atoms with Gasteiger partial charge in [0.15, 0.2) is 0 Å². The predicted molar refractivity (Wildman–Crippen MR) is 68.2 cm³/mol. The Morgan fingerprint density at radius 3 is 2.63 bits per heavy atom. The first kappa shape index (κ1) is 13.1. The van der Waals surface area contributed by atoms with Gasteiger partial charge in [-0.05, 0) is 43.7 Å². The smallest absolute Gasteiger partial charge is 0.311 e. The van der Waals surface area contributed by atoms with Crippen LogP contribution in [0, 0.1) is 19.7 Å². The van der Waals surface area contributed by atoms with Gasteiger partial charge < -0.3 is 5.11 Å². The van der Waals surface area contributed by atoms with Crippen LogP contribution in [0.2, 0.25) is 0 Å². The number of carboxylic acids is 1. The number of hydrogen-bond acceptors (Lipinski definition) is 3. The van der Waals surface area contributed by atoms with Crippen molar-refractivity contribution in [2.45, 2.75) is 20.3 Å². The minimum Gasteiger partial charge on any atom is -0.481 e. The molecular weight excluding hydrogens is 247 g/mol. The third kappa shape index (κ3) is 3.13. The van der Waals surface area contributed by atoms with Crippen LogP contribution in [0.5, 0.6) is 0 Å². The number of nitrogens with zero attached hydrogens (tertiary/aromatic N) is 2. The van der Waals surface area contributed by atoms with Gasteiger partial charge in [-0.15, -0.1) is 0 Å². The fraction of sp³-hybridized carbons (Fsp3) is 0.214. The molecule has 1 aromatic carbocycles. The third-order valence-electron chi connectivity index (χ3n) is 2.66. The number of rotatable bonds is 3. The van der Waals surface area contributed by atoms with E-state index >= 15 is 0 Å². The molecule has 0 saturated carbocycles. The average molecular weight is 260 g/mol. The van der Waals surface area contributed by atoms with Gasteiger partial charge >= 0.3 is 5.97 Å². The summed E-state index contributed by atoms with van der Waals surface area (Å²) in [6.07, 6.45) is -0.227. The fourth-order valence-electron chi connectivity index (χ4n) is 1.80. The van der Waals surface area contributed by atoms with Crippen LogP contribution < -0.4 is 0 Å². The summed E-state index contributed by atoms with van der Waals surface area (Å²) >= 11 is 0. The van der Waals surface area contributed by atoms with Gasteiger partial charge in [0.1, 0.15) is 18.1 Å². The quantitative estimate of drug-likeness (QED) is 0.921. The number of aryl methyl sites for hydroxylation is 2. The molecule has 0 spiro atoms. The Balaban J connectivity index is 2.46. The second-order valence-electron chi connectivity index (χ2n) is 4.35. The highest BCUT2D eigenvalue weighted by molar-refractivity contribution is 5.69. The lowest BCUT2D eigenvalue weighted by Crippen LogP contribution is -2.06. The lowest BCUT2D eigenvalue weighted by molar-refractivity contribution is -0.136. The Kier molecular flexibility index (Phi) is 3.55. The van der Waals surface area contributed by atoms with E-state index in [1.807, 2.05) is 0 Å². The van der Waals surface area contributed by atoms with Crippen molar-refractivity contribution in [1.29, 1.82) is 0 Å². The summed E-state index contributed by atoms with van der Waals surface area (Å²) in [6.45, 7) is 3.44. The van der Waals surface area contributed by atoms with Gasteiger partial charge in [0, 0.05) is 11.3 Å². The van der Waals surface area contributed by atoms with Crippen LogP contribution in [-0.4, -0.2) is 21.0 Å². The predicted octanol–water partition coefficient (Wildman–Crippen LogP) is 2.53. The topological polar surface area (TPSA) is 63.1 Å². The normalized spacial score (nSPS) is 10.5. The largest absolute Gasteiger partial charge is 0.481 e. The maximum absolute atomic E-state index is 13.2. The van der Waals surface area contributed by atoms with E-state index in [2.05, 4.69) is 9.97 Å². The van der Waals surface area contributed by atoms with E-state index in [9.17, 15) is 9.18 Å². The maximum atomic E-state index is 13.2. The minimum atomic E-state index is -0.980. The number of aromatic nitrogens is 2. The number of benzene rings is 1. The molecule has 0 aliphatic rings. The van der Waals surface area contributed by atoms with E-state index < -0.39 is 5.97 Å². The zero-order valence-corrected chi connectivity index (χ0v) is 10.6. The van der Waals surface area contributed by atoms with Gasteiger partial charge in [-0.3, -0.25) is 4.79 Å². The van der Waals surface area contributed by atoms with E-state index in [1.165, 1.54) is 6.07 Å². The van der Waals surface area contributed by atoms with E-state index in [-0.39, 0.29) is 18.1 Å². The summed E-state index contributed by atoms with van der Waals surface area (Å²) in [7, 11) is 0. The molecule has 0 atom stereocenters. The number of carboxylic acid groups (broad SMARTS) is 1. The van der Waals surface area contributed by atoms with Crippen LogP contribution in [0.15, 0.2) is 24.3 Å². The SMILES string of the molecule is Cc1cc(-c2ccc(F)c(C)c2)nc(CC(=O)O)n1. The van der Waals surface area contributed by atoms with Crippen LogP contribution in [0.4, 0.5) is 4.39 Å². The van der Waals surface area contributed by atoms with Crippen molar-refractivity contribution in [3.8, 4) is 11.3 Å². The van der Waals surface area contributed by atoms with Crippen molar-refractivity contribution in [3.05, 3.63) is 47.2 Å². The van der Waals surface area contributed by atoms with Crippen molar-refractivity contribution in [1.82, 2.24) is 9.97 Å². The zero-order chi connectivity index (χ0) is 14.0. The minimum absolute atomic E-state index is 0.227. The molecule has 0 aliphatic heterocycles. The van der Waals surface area contributed by atoms with Crippen molar-refractivity contribution >= 4 is 5.97 Å². The molecule has 1 aromatic heterocycles. The average Bonchev–Trinajstić information content (AvgIpc) is 2.31. The number of aliphatic carboxylic acids is 1. The van der Waals surface area contributed by atoms with Crippen LogP contribution in [0.1, 0.15) is 17.1 Å². The lowest BCUT2D eigenvalue weighted by Gasteiger charge is -2.06. The summed E-state index contributed by atoms with van der Waals surface area (Å²) in [4.78, 5) is 19.0. The summed E-state index contributed by atoms with van der Waals surface area (Å²) in [6, 6.07) is 6.42. The van der Waals surface area contributed by atoms with Crippen molar-refractivity contribution in [2.24, 2.45) is 0 Å². The van der Waals surface area contributed by atoms with Gasteiger partial charge in [-0.1, -0.05) is 0 Å². The molecule has 0 fully saturated rings. The Labute approximate surface area is 110 Å². The van der Waals surface area contributed by atoms with Gasteiger partial charge in [-0.2, -0.15) is 0 Å². The molecule has 1 heterocycles. The van der Waals surface area contributed by atoms with E-state index in [0.29, 0.717) is 17.0 Å². The van der Waals surface area contributed by atoms with Crippen molar-refractivity contribution < 1.29 is 14.3 Å². The molecule has 0 radical (unpaired) electrons. The highest BCUT2D eigenvalue weighted by Crippen LogP contribution is 2.20. The Morgan fingerprint density at radius 2 is 2.00 bits per heavy atom. The molecule has 5 heteroatoms. The first-order valence-corrected chi connectivity index (χ1v) is 5.78. The lowest BCUT2D eigenvalue weighted by atomic mass is 10.1. The zero-order valence-electron chi connectivity index (χ0n) is 10.6. The summed E-state index contributed by atoms with van der Waals surface area (Å²) in [5.74, 6) is -1.00. The highest BCUT2D eigenvalue weighted by atomic mass is 19.1.